The summed E-state index contributed by atoms with van der Waals surface area (Å²) in [6.07, 6.45) is 3.81. The number of aliphatic hydroxyl groups excluding tert-OH is 1. The number of aliphatic hydroxyl groups is 1. The second-order valence-electron chi connectivity index (χ2n) is 4.12. The lowest BCUT2D eigenvalue weighted by Crippen LogP contribution is -2.07. The summed E-state index contributed by atoms with van der Waals surface area (Å²) in [5.74, 6) is 2.77. The first-order valence-corrected chi connectivity index (χ1v) is 7.16. The molecule has 0 amide bonds. The summed E-state index contributed by atoms with van der Waals surface area (Å²) in [6, 6.07) is 1.87. The SMILES string of the molecule is CCSCCC(O)c1cncc(OC(C)C)c1. The van der Waals surface area contributed by atoms with E-state index in [2.05, 4.69) is 11.9 Å². The van der Waals surface area contributed by atoms with Gasteiger partial charge in [0.05, 0.1) is 18.4 Å². The zero-order valence-corrected chi connectivity index (χ0v) is 11.5. The second-order valence-corrected chi connectivity index (χ2v) is 5.52. The molecule has 0 spiro atoms. The van der Waals surface area contributed by atoms with Crippen molar-refractivity contribution in [3.05, 3.63) is 24.0 Å². The van der Waals surface area contributed by atoms with Gasteiger partial charge in [-0.2, -0.15) is 11.8 Å². The molecule has 0 aliphatic heterocycles. The van der Waals surface area contributed by atoms with E-state index in [1.165, 1.54) is 0 Å². The highest BCUT2D eigenvalue weighted by atomic mass is 32.2. The van der Waals surface area contributed by atoms with Crippen molar-refractivity contribution in [1.29, 1.82) is 0 Å². The predicted molar refractivity (Wildman–Crippen MR) is 72.6 cm³/mol. The predicted octanol–water partition coefficient (Wildman–Crippen LogP) is 3.05. The Morgan fingerprint density at radius 2 is 2.18 bits per heavy atom. The van der Waals surface area contributed by atoms with E-state index >= 15 is 0 Å². The number of hydrogen-bond acceptors (Lipinski definition) is 4. The summed E-state index contributed by atoms with van der Waals surface area (Å²) in [4.78, 5) is 4.10. The molecule has 0 aliphatic carbocycles. The Labute approximate surface area is 108 Å². The zero-order valence-electron chi connectivity index (χ0n) is 10.7. The zero-order chi connectivity index (χ0) is 12.7. The third-order valence-corrected chi connectivity index (χ3v) is 3.16. The average Bonchev–Trinajstić information content (AvgIpc) is 2.28. The first-order valence-electron chi connectivity index (χ1n) is 6.01. The molecule has 0 fully saturated rings. The van der Waals surface area contributed by atoms with Gasteiger partial charge in [-0.1, -0.05) is 6.92 Å². The van der Waals surface area contributed by atoms with Crippen molar-refractivity contribution in [2.45, 2.75) is 39.4 Å². The molecule has 96 valence electrons. The second kappa shape index (κ2) is 7.56. The van der Waals surface area contributed by atoms with E-state index in [1.54, 1.807) is 12.4 Å². The van der Waals surface area contributed by atoms with Gasteiger partial charge in [-0.05, 0) is 37.8 Å². The van der Waals surface area contributed by atoms with Crippen molar-refractivity contribution in [2.75, 3.05) is 11.5 Å². The molecule has 1 atom stereocenters. The highest BCUT2D eigenvalue weighted by molar-refractivity contribution is 7.99. The molecular weight excluding hydrogens is 234 g/mol. The smallest absolute Gasteiger partial charge is 0.138 e. The van der Waals surface area contributed by atoms with Crippen molar-refractivity contribution < 1.29 is 9.84 Å². The first-order chi connectivity index (χ1) is 8.13. The van der Waals surface area contributed by atoms with E-state index in [0.717, 1.165) is 29.2 Å². The summed E-state index contributed by atoms with van der Waals surface area (Å²) in [6.45, 7) is 6.07. The van der Waals surface area contributed by atoms with Crippen molar-refractivity contribution in [3.63, 3.8) is 0 Å². The van der Waals surface area contributed by atoms with Crippen LogP contribution in [0, 0.1) is 0 Å². The van der Waals surface area contributed by atoms with Crippen molar-refractivity contribution in [1.82, 2.24) is 4.98 Å². The molecule has 0 saturated heterocycles. The van der Waals surface area contributed by atoms with Gasteiger partial charge in [0.2, 0.25) is 0 Å². The van der Waals surface area contributed by atoms with E-state index in [0.29, 0.717) is 0 Å². The van der Waals surface area contributed by atoms with Crippen LogP contribution in [0.4, 0.5) is 0 Å². The number of nitrogens with zero attached hydrogens (tertiary/aromatic N) is 1. The molecule has 4 heteroatoms. The number of thioether (sulfide) groups is 1. The van der Waals surface area contributed by atoms with Crippen LogP contribution >= 0.6 is 11.8 Å². The topological polar surface area (TPSA) is 42.4 Å². The number of hydrogen-bond donors (Lipinski definition) is 1. The van der Waals surface area contributed by atoms with Crippen molar-refractivity contribution in [2.24, 2.45) is 0 Å². The van der Waals surface area contributed by atoms with Crippen LogP contribution in [0.3, 0.4) is 0 Å². The Kier molecular flexibility index (Phi) is 6.37. The van der Waals surface area contributed by atoms with Gasteiger partial charge in [0.25, 0.3) is 0 Å². The van der Waals surface area contributed by atoms with E-state index in [1.807, 2.05) is 31.7 Å². The highest BCUT2D eigenvalue weighted by Gasteiger charge is 2.09. The number of rotatable bonds is 7. The van der Waals surface area contributed by atoms with Gasteiger partial charge in [-0.3, -0.25) is 4.98 Å². The molecule has 0 aromatic carbocycles. The maximum absolute atomic E-state index is 10.00. The molecule has 1 heterocycles. The fourth-order valence-corrected chi connectivity index (χ4v) is 2.14. The molecule has 1 aromatic heterocycles. The average molecular weight is 255 g/mol. The molecule has 3 nitrogen and oxygen atoms in total. The van der Waals surface area contributed by atoms with Crippen LogP contribution in [0.1, 0.15) is 38.9 Å². The van der Waals surface area contributed by atoms with E-state index < -0.39 is 6.10 Å². The highest BCUT2D eigenvalue weighted by Crippen LogP contribution is 2.22. The molecule has 0 bridgehead atoms. The third kappa shape index (κ3) is 5.41. The van der Waals surface area contributed by atoms with Crippen LogP contribution in [0.25, 0.3) is 0 Å². The summed E-state index contributed by atoms with van der Waals surface area (Å²) in [7, 11) is 0. The minimum atomic E-state index is -0.447. The largest absolute Gasteiger partial charge is 0.489 e. The lowest BCUT2D eigenvalue weighted by Gasteiger charge is -2.13. The van der Waals surface area contributed by atoms with Crippen LogP contribution in [-0.2, 0) is 0 Å². The molecule has 1 rings (SSSR count). The maximum atomic E-state index is 10.00. The Hall–Kier alpha value is -0.740. The molecule has 0 radical (unpaired) electrons. The fraction of sp³-hybridized carbons (Fsp3) is 0.615. The van der Waals surface area contributed by atoms with Crippen molar-refractivity contribution in [3.8, 4) is 5.75 Å². The van der Waals surface area contributed by atoms with Gasteiger partial charge in [0.15, 0.2) is 0 Å². The van der Waals surface area contributed by atoms with Crippen LogP contribution in [0.5, 0.6) is 5.75 Å². The lowest BCUT2D eigenvalue weighted by molar-refractivity contribution is 0.173. The molecular formula is C13H21NO2S. The number of aromatic nitrogens is 1. The Morgan fingerprint density at radius 3 is 2.82 bits per heavy atom. The Balaban J connectivity index is 2.57. The summed E-state index contributed by atoms with van der Waals surface area (Å²) >= 11 is 1.83. The summed E-state index contributed by atoms with van der Waals surface area (Å²) < 4.78 is 5.55. The van der Waals surface area contributed by atoms with Gasteiger partial charge in [-0.15, -0.1) is 0 Å². The number of ether oxygens (including phenoxy) is 1. The quantitative estimate of drug-likeness (QED) is 0.760. The third-order valence-electron chi connectivity index (χ3n) is 2.23. The maximum Gasteiger partial charge on any atom is 0.138 e. The molecule has 17 heavy (non-hydrogen) atoms. The van der Waals surface area contributed by atoms with Crippen LogP contribution in [0.2, 0.25) is 0 Å². The monoisotopic (exact) mass is 255 g/mol. The Morgan fingerprint density at radius 1 is 1.41 bits per heavy atom. The number of pyridine rings is 1. The van der Waals surface area contributed by atoms with Crippen LogP contribution in [-0.4, -0.2) is 27.7 Å². The van der Waals surface area contributed by atoms with Gasteiger partial charge < -0.3 is 9.84 Å². The molecule has 1 aromatic rings. The standard InChI is InChI=1S/C13H21NO2S/c1-4-17-6-5-13(15)11-7-12(9-14-8-11)16-10(2)3/h7-10,13,15H,4-6H2,1-3H3. The Bertz CT molecular complexity index is 331. The van der Waals surface area contributed by atoms with Crippen molar-refractivity contribution >= 4 is 11.8 Å². The minimum absolute atomic E-state index is 0.125. The van der Waals surface area contributed by atoms with E-state index in [-0.39, 0.29) is 6.10 Å². The van der Waals surface area contributed by atoms with E-state index in [9.17, 15) is 5.11 Å². The van der Waals surface area contributed by atoms with Crippen LogP contribution < -0.4 is 4.74 Å². The van der Waals surface area contributed by atoms with Gasteiger partial charge >= 0.3 is 0 Å². The first kappa shape index (κ1) is 14.3. The minimum Gasteiger partial charge on any atom is -0.489 e. The lowest BCUT2D eigenvalue weighted by atomic mass is 10.1. The van der Waals surface area contributed by atoms with E-state index in [4.69, 9.17) is 4.74 Å². The molecule has 1 N–H and O–H groups in total. The van der Waals surface area contributed by atoms with Gasteiger partial charge in [0.1, 0.15) is 5.75 Å². The van der Waals surface area contributed by atoms with Gasteiger partial charge in [-0.25, -0.2) is 0 Å². The molecule has 0 aliphatic rings. The summed E-state index contributed by atoms with van der Waals surface area (Å²) in [5, 5.41) is 10.00. The fourth-order valence-electron chi connectivity index (χ4n) is 1.46. The van der Waals surface area contributed by atoms with Crippen LogP contribution in [0.15, 0.2) is 18.5 Å². The molecule has 0 saturated carbocycles. The van der Waals surface area contributed by atoms with Gasteiger partial charge in [0, 0.05) is 11.8 Å². The normalized spacial score (nSPS) is 12.8. The molecule has 1 unspecified atom stereocenters. The summed E-state index contributed by atoms with van der Waals surface area (Å²) in [5.41, 5.74) is 0.833.